The molecule has 0 heterocycles. The fourth-order valence-electron chi connectivity index (χ4n) is 1.67. The molecule has 0 saturated carbocycles. The Morgan fingerprint density at radius 1 is 1.11 bits per heavy atom. The Kier molecular flexibility index (Phi) is 4.16. The molecule has 0 unspecified atom stereocenters. The zero-order valence-electron chi connectivity index (χ0n) is 9.81. The predicted octanol–water partition coefficient (Wildman–Crippen LogP) is 5.03. The third-order valence-electron chi connectivity index (χ3n) is 2.68. The summed E-state index contributed by atoms with van der Waals surface area (Å²) in [6, 6.07) is 7.29. The van der Waals surface area contributed by atoms with Crippen LogP contribution in [0.25, 0.3) is 0 Å². The van der Waals surface area contributed by atoms with E-state index < -0.39 is 23.0 Å². The Morgan fingerprint density at radius 2 is 1.79 bits per heavy atom. The van der Waals surface area contributed by atoms with Crippen LogP contribution >= 0.6 is 31.9 Å². The Morgan fingerprint density at radius 3 is 2.47 bits per heavy atom. The highest BCUT2D eigenvalue weighted by molar-refractivity contribution is 9.11. The molecule has 0 aliphatic heterocycles. The van der Waals surface area contributed by atoms with E-state index in [9.17, 15) is 13.6 Å². The van der Waals surface area contributed by atoms with Gasteiger partial charge in [0.15, 0.2) is 5.78 Å². The van der Waals surface area contributed by atoms with Crippen molar-refractivity contribution in [2.24, 2.45) is 0 Å². The summed E-state index contributed by atoms with van der Waals surface area (Å²) >= 11 is 6.44. The molecule has 0 fully saturated rings. The highest BCUT2D eigenvalue weighted by Gasteiger charge is 2.22. The molecule has 0 aromatic heterocycles. The van der Waals surface area contributed by atoms with Gasteiger partial charge in [-0.2, -0.15) is 0 Å². The molecular formula is C14H8Br2F2O. The number of hydrogen-bond donors (Lipinski definition) is 0. The van der Waals surface area contributed by atoms with Crippen LogP contribution in [0.15, 0.2) is 39.3 Å². The highest BCUT2D eigenvalue weighted by atomic mass is 79.9. The van der Waals surface area contributed by atoms with Gasteiger partial charge in [0.2, 0.25) is 0 Å². The summed E-state index contributed by atoms with van der Waals surface area (Å²) in [6.45, 7) is 1.49. The quantitative estimate of drug-likeness (QED) is 0.658. The average Bonchev–Trinajstić information content (AvgIpc) is 2.37. The Hall–Kier alpha value is -1.07. The van der Waals surface area contributed by atoms with E-state index in [1.54, 1.807) is 12.1 Å². The first-order chi connectivity index (χ1) is 8.91. The fraction of sp³-hybridized carbons (Fsp3) is 0.0714. The van der Waals surface area contributed by atoms with Crippen LogP contribution in [0, 0.1) is 18.6 Å². The average molecular weight is 390 g/mol. The van der Waals surface area contributed by atoms with Gasteiger partial charge in [-0.15, -0.1) is 0 Å². The minimum Gasteiger partial charge on any atom is -0.288 e. The predicted molar refractivity (Wildman–Crippen MR) is 76.4 cm³/mol. The van der Waals surface area contributed by atoms with Crippen LogP contribution in [0.1, 0.15) is 21.5 Å². The molecule has 0 saturated heterocycles. The SMILES string of the molecule is Cc1ccc(F)c(C(=O)c2cc(Br)ccc2Br)c1F. The van der Waals surface area contributed by atoms with Crippen molar-refractivity contribution in [2.45, 2.75) is 6.92 Å². The van der Waals surface area contributed by atoms with Gasteiger partial charge in [0.25, 0.3) is 0 Å². The molecule has 19 heavy (non-hydrogen) atoms. The smallest absolute Gasteiger partial charge is 0.200 e. The van der Waals surface area contributed by atoms with Gasteiger partial charge >= 0.3 is 0 Å². The summed E-state index contributed by atoms with van der Waals surface area (Å²) in [6.07, 6.45) is 0. The molecule has 0 spiro atoms. The summed E-state index contributed by atoms with van der Waals surface area (Å²) in [5.74, 6) is -2.37. The Labute approximate surface area is 125 Å². The van der Waals surface area contributed by atoms with Crippen molar-refractivity contribution < 1.29 is 13.6 Å². The fourth-order valence-corrected chi connectivity index (χ4v) is 2.46. The molecule has 0 atom stereocenters. The number of ketones is 1. The standard InChI is InChI=1S/C14H8Br2F2O/c1-7-2-5-11(17)12(13(7)18)14(19)9-6-8(15)3-4-10(9)16/h2-6H,1H3. The molecular weight excluding hydrogens is 382 g/mol. The first-order valence-electron chi connectivity index (χ1n) is 5.36. The van der Waals surface area contributed by atoms with Crippen LogP contribution < -0.4 is 0 Å². The Balaban J connectivity index is 2.63. The van der Waals surface area contributed by atoms with Crippen LogP contribution in [0.2, 0.25) is 0 Å². The lowest BCUT2D eigenvalue weighted by molar-refractivity contribution is 0.103. The van der Waals surface area contributed by atoms with Gasteiger partial charge in [-0.05, 0) is 36.8 Å². The van der Waals surface area contributed by atoms with Crippen molar-refractivity contribution in [3.63, 3.8) is 0 Å². The maximum Gasteiger partial charge on any atom is 0.200 e. The number of rotatable bonds is 2. The van der Waals surface area contributed by atoms with Crippen molar-refractivity contribution in [3.05, 3.63) is 67.6 Å². The molecule has 0 aliphatic carbocycles. The maximum atomic E-state index is 13.9. The van der Waals surface area contributed by atoms with Crippen molar-refractivity contribution in [1.29, 1.82) is 0 Å². The van der Waals surface area contributed by atoms with Crippen molar-refractivity contribution in [3.8, 4) is 0 Å². The summed E-state index contributed by atoms with van der Waals surface area (Å²) < 4.78 is 28.8. The highest BCUT2D eigenvalue weighted by Crippen LogP contribution is 2.27. The molecule has 0 aliphatic rings. The number of halogens is 4. The van der Waals surface area contributed by atoms with Crippen LogP contribution in [-0.4, -0.2) is 5.78 Å². The molecule has 0 amide bonds. The van der Waals surface area contributed by atoms with Gasteiger partial charge in [0, 0.05) is 14.5 Å². The normalized spacial score (nSPS) is 10.6. The van der Waals surface area contributed by atoms with E-state index in [1.807, 2.05) is 0 Å². The minimum absolute atomic E-state index is 0.206. The van der Waals surface area contributed by atoms with Crippen LogP contribution in [0.4, 0.5) is 8.78 Å². The molecule has 2 aromatic carbocycles. The lowest BCUT2D eigenvalue weighted by atomic mass is 10.0. The molecule has 0 bridgehead atoms. The van der Waals surface area contributed by atoms with Crippen molar-refractivity contribution >= 4 is 37.6 Å². The third-order valence-corrected chi connectivity index (χ3v) is 3.87. The lowest BCUT2D eigenvalue weighted by Crippen LogP contribution is -2.09. The zero-order chi connectivity index (χ0) is 14.2. The molecule has 98 valence electrons. The monoisotopic (exact) mass is 388 g/mol. The number of hydrogen-bond acceptors (Lipinski definition) is 1. The second kappa shape index (κ2) is 5.51. The largest absolute Gasteiger partial charge is 0.288 e. The van der Waals surface area contributed by atoms with Crippen LogP contribution in [0.5, 0.6) is 0 Å². The van der Waals surface area contributed by atoms with Gasteiger partial charge in [-0.3, -0.25) is 4.79 Å². The van der Waals surface area contributed by atoms with E-state index in [-0.39, 0.29) is 11.1 Å². The molecule has 0 radical (unpaired) electrons. The number of aryl methyl sites for hydroxylation is 1. The molecule has 5 heteroatoms. The van der Waals surface area contributed by atoms with E-state index in [4.69, 9.17) is 0 Å². The van der Waals surface area contributed by atoms with E-state index in [2.05, 4.69) is 31.9 Å². The minimum atomic E-state index is -0.861. The second-order valence-corrected chi connectivity index (χ2v) is 5.78. The van der Waals surface area contributed by atoms with E-state index >= 15 is 0 Å². The molecule has 1 nitrogen and oxygen atoms in total. The van der Waals surface area contributed by atoms with Gasteiger partial charge in [-0.1, -0.05) is 37.9 Å². The van der Waals surface area contributed by atoms with E-state index in [0.717, 1.165) is 6.07 Å². The van der Waals surface area contributed by atoms with Crippen LogP contribution in [0.3, 0.4) is 0 Å². The van der Waals surface area contributed by atoms with Gasteiger partial charge in [0.1, 0.15) is 11.6 Å². The third kappa shape index (κ3) is 2.77. The summed E-state index contributed by atoms with van der Waals surface area (Å²) in [5.41, 5.74) is -0.0903. The first kappa shape index (κ1) is 14.3. The van der Waals surface area contributed by atoms with E-state index in [0.29, 0.717) is 8.95 Å². The van der Waals surface area contributed by atoms with Crippen molar-refractivity contribution in [1.82, 2.24) is 0 Å². The second-order valence-electron chi connectivity index (χ2n) is 4.01. The van der Waals surface area contributed by atoms with Crippen LogP contribution in [-0.2, 0) is 0 Å². The summed E-state index contributed by atoms with van der Waals surface area (Å²) in [7, 11) is 0. The number of benzene rings is 2. The number of carbonyl (C=O) groups is 1. The molecule has 2 aromatic rings. The van der Waals surface area contributed by atoms with E-state index in [1.165, 1.54) is 19.1 Å². The van der Waals surface area contributed by atoms with Gasteiger partial charge < -0.3 is 0 Å². The summed E-state index contributed by atoms with van der Waals surface area (Å²) in [4.78, 5) is 12.3. The van der Waals surface area contributed by atoms with Gasteiger partial charge in [-0.25, -0.2) is 8.78 Å². The Bertz CT molecular complexity index is 669. The number of carbonyl (C=O) groups excluding carboxylic acids is 1. The lowest BCUT2D eigenvalue weighted by Gasteiger charge is -2.08. The molecule has 0 N–H and O–H groups in total. The molecule has 2 rings (SSSR count). The summed E-state index contributed by atoms with van der Waals surface area (Å²) in [5, 5.41) is 0. The van der Waals surface area contributed by atoms with Gasteiger partial charge in [0.05, 0.1) is 5.56 Å². The van der Waals surface area contributed by atoms with Crippen molar-refractivity contribution in [2.75, 3.05) is 0 Å². The zero-order valence-corrected chi connectivity index (χ0v) is 13.0. The maximum absolute atomic E-state index is 13.9. The topological polar surface area (TPSA) is 17.1 Å². The first-order valence-corrected chi connectivity index (χ1v) is 6.94.